The molecular weight excluding hydrogens is 530 g/mol. The van der Waals surface area contributed by atoms with Gasteiger partial charge in [-0.3, -0.25) is 4.79 Å². The standard InChI is InChI=1S/C27H27ClF2N2O.C2H2O4/c28-22-4-2-20(3-5-22)27(33)21-14-18-31(19-15-21)16-1-17-32(25-10-6-23(29)7-11-25)26-12-8-24(30)9-13-26;3-1(4)2(5)6/h2-13,21H,1,14-19H2;(H,3,4)(H,5,6). The van der Waals surface area contributed by atoms with Crippen molar-refractivity contribution in [3.8, 4) is 0 Å². The Morgan fingerprint density at radius 2 is 1.26 bits per heavy atom. The van der Waals surface area contributed by atoms with Crippen LogP contribution in [0, 0.1) is 17.6 Å². The van der Waals surface area contributed by atoms with Crippen molar-refractivity contribution >= 4 is 40.7 Å². The molecule has 0 bridgehead atoms. The molecule has 3 aromatic rings. The first kappa shape index (κ1) is 29.7. The van der Waals surface area contributed by atoms with E-state index in [2.05, 4.69) is 9.80 Å². The minimum absolute atomic E-state index is 0.0531. The van der Waals surface area contributed by atoms with Gasteiger partial charge in [0.15, 0.2) is 5.78 Å². The highest BCUT2D eigenvalue weighted by Gasteiger charge is 2.25. The molecule has 0 aliphatic carbocycles. The summed E-state index contributed by atoms with van der Waals surface area (Å²) in [5.74, 6) is -3.96. The summed E-state index contributed by atoms with van der Waals surface area (Å²) in [5, 5.41) is 15.4. The molecule has 4 rings (SSSR count). The smallest absolute Gasteiger partial charge is 0.414 e. The van der Waals surface area contributed by atoms with Gasteiger partial charge in [-0.2, -0.15) is 0 Å². The van der Waals surface area contributed by atoms with Crippen LogP contribution < -0.4 is 4.90 Å². The van der Waals surface area contributed by atoms with Gasteiger partial charge >= 0.3 is 11.9 Å². The van der Waals surface area contributed by atoms with E-state index in [1.807, 2.05) is 0 Å². The molecule has 206 valence electrons. The number of anilines is 2. The normalized spacial score (nSPS) is 13.7. The molecular formula is C29H29ClF2N2O5. The van der Waals surface area contributed by atoms with Crippen LogP contribution in [0.4, 0.5) is 20.2 Å². The van der Waals surface area contributed by atoms with E-state index in [4.69, 9.17) is 31.4 Å². The summed E-state index contributed by atoms with van der Waals surface area (Å²) in [5.41, 5.74) is 2.47. The second-order valence-electron chi connectivity index (χ2n) is 9.06. The average molecular weight is 559 g/mol. The predicted molar refractivity (Wildman–Crippen MR) is 145 cm³/mol. The van der Waals surface area contributed by atoms with Crippen molar-refractivity contribution in [3.05, 3.63) is 95.0 Å². The van der Waals surface area contributed by atoms with Crippen LogP contribution in [0.5, 0.6) is 0 Å². The molecule has 0 unspecified atom stereocenters. The Balaban J connectivity index is 0.000000631. The molecule has 1 heterocycles. The minimum atomic E-state index is -1.82. The van der Waals surface area contributed by atoms with Gasteiger partial charge in [-0.1, -0.05) is 11.6 Å². The molecule has 0 atom stereocenters. The summed E-state index contributed by atoms with van der Waals surface area (Å²) >= 11 is 5.93. The SMILES string of the molecule is O=C(O)C(=O)O.O=C(c1ccc(Cl)cc1)C1CCN(CCCN(c2ccc(F)cc2)c2ccc(F)cc2)CC1. The van der Waals surface area contributed by atoms with Crippen molar-refractivity contribution in [2.24, 2.45) is 5.92 Å². The maximum absolute atomic E-state index is 13.4. The van der Waals surface area contributed by atoms with E-state index in [0.29, 0.717) is 5.02 Å². The molecule has 2 N–H and O–H groups in total. The fraction of sp³-hybridized carbons (Fsp3) is 0.276. The zero-order valence-electron chi connectivity index (χ0n) is 21.1. The molecule has 3 aromatic carbocycles. The Kier molecular flexibility index (Phi) is 11.0. The highest BCUT2D eigenvalue weighted by molar-refractivity contribution is 6.30. The lowest BCUT2D eigenvalue weighted by atomic mass is 9.89. The average Bonchev–Trinajstić information content (AvgIpc) is 2.93. The number of carboxylic acids is 2. The molecule has 1 saturated heterocycles. The van der Waals surface area contributed by atoms with Gasteiger partial charge in [0.2, 0.25) is 0 Å². The van der Waals surface area contributed by atoms with E-state index in [1.165, 1.54) is 24.3 Å². The second-order valence-corrected chi connectivity index (χ2v) is 9.49. The predicted octanol–water partition coefficient (Wildman–Crippen LogP) is 5.90. The van der Waals surface area contributed by atoms with Crippen molar-refractivity contribution in [3.63, 3.8) is 0 Å². The quantitative estimate of drug-likeness (QED) is 0.262. The highest BCUT2D eigenvalue weighted by Crippen LogP contribution is 2.27. The fourth-order valence-corrected chi connectivity index (χ4v) is 4.50. The Bertz CT molecular complexity index is 1190. The van der Waals surface area contributed by atoms with Crippen LogP contribution in [0.15, 0.2) is 72.8 Å². The summed E-state index contributed by atoms with van der Waals surface area (Å²) < 4.78 is 26.8. The van der Waals surface area contributed by atoms with Gasteiger partial charge in [0.25, 0.3) is 0 Å². The van der Waals surface area contributed by atoms with Crippen molar-refractivity contribution in [2.75, 3.05) is 31.1 Å². The molecule has 0 amide bonds. The van der Waals surface area contributed by atoms with Crippen LogP contribution in [0.1, 0.15) is 29.6 Å². The maximum atomic E-state index is 13.4. The number of hydrogen-bond donors (Lipinski definition) is 2. The van der Waals surface area contributed by atoms with Crippen LogP contribution in [-0.4, -0.2) is 59.0 Å². The monoisotopic (exact) mass is 558 g/mol. The molecule has 10 heteroatoms. The summed E-state index contributed by atoms with van der Waals surface area (Å²) in [4.78, 5) is 35.4. The van der Waals surface area contributed by atoms with Crippen molar-refractivity contribution in [1.82, 2.24) is 4.90 Å². The van der Waals surface area contributed by atoms with Crippen molar-refractivity contribution in [1.29, 1.82) is 0 Å². The minimum Gasteiger partial charge on any atom is -0.473 e. The molecule has 0 aromatic heterocycles. The number of hydrogen-bond acceptors (Lipinski definition) is 5. The Labute approximate surface area is 230 Å². The zero-order chi connectivity index (χ0) is 28.4. The first-order valence-corrected chi connectivity index (χ1v) is 12.8. The molecule has 1 aliphatic rings. The van der Waals surface area contributed by atoms with E-state index in [9.17, 15) is 13.6 Å². The van der Waals surface area contributed by atoms with Crippen LogP contribution in [0.25, 0.3) is 0 Å². The first-order chi connectivity index (χ1) is 18.6. The number of benzene rings is 3. The lowest BCUT2D eigenvalue weighted by molar-refractivity contribution is -0.159. The summed E-state index contributed by atoms with van der Waals surface area (Å²) in [6.07, 6.45) is 2.59. The molecule has 0 radical (unpaired) electrons. The van der Waals surface area contributed by atoms with Gasteiger partial charge in [-0.05, 0) is 112 Å². The van der Waals surface area contributed by atoms with Crippen LogP contribution in [0.2, 0.25) is 5.02 Å². The van der Waals surface area contributed by atoms with Crippen molar-refractivity contribution in [2.45, 2.75) is 19.3 Å². The lowest BCUT2D eigenvalue weighted by Crippen LogP contribution is -2.37. The van der Waals surface area contributed by atoms with Gasteiger partial charge in [0.05, 0.1) is 0 Å². The summed E-state index contributed by atoms with van der Waals surface area (Å²) in [6.45, 7) is 3.40. The summed E-state index contributed by atoms with van der Waals surface area (Å²) in [7, 11) is 0. The summed E-state index contributed by atoms with van der Waals surface area (Å²) in [6, 6.07) is 19.9. The molecule has 1 aliphatic heterocycles. The van der Waals surface area contributed by atoms with Crippen LogP contribution >= 0.6 is 11.6 Å². The van der Waals surface area contributed by atoms with Gasteiger partial charge in [-0.25, -0.2) is 18.4 Å². The third kappa shape index (κ3) is 9.15. The number of carboxylic acid groups (broad SMARTS) is 2. The maximum Gasteiger partial charge on any atom is 0.414 e. The molecule has 39 heavy (non-hydrogen) atoms. The first-order valence-electron chi connectivity index (χ1n) is 12.4. The van der Waals surface area contributed by atoms with Crippen LogP contribution in [-0.2, 0) is 9.59 Å². The second kappa shape index (κ2) is 14.4. The zero-order valence-corrected chi connectivity index (χ0v) is 21.9. The van der Waals surface area contributed by atoms with E-state index in [0.717, 1.165) is 62.4 Å². The highest BCUT2D eigenvalue weighted by atomic mass is 35.5. The molecule has 0 saturated carbocycles. The number of aliphatic carboxylic acids is 2. The van der Waals surface area contributed by atoms with Crippen LogP contribution in [0.3, 0.4) is 0 Å². The number of Topliss-reactive ketones (excluding diaryl/α,β-unsaturated/α-hetero) is 1. The third-order valence-electron chi connectivity index (χ3n) is 6.40. The van der Waals surface area contributed by atoms with Gasteiger partial charge in [-0.15, -0.1) is 0 Å². The van der Waals surface area contributed by atoms with E-state index < -0.39 is 11.9 Å². The number of rotatable bonds is 8. The topological polar surface area (TPSA) is 98.1 Å². The lowest BCUT2D eigenvalue weighted by Gasteiger charge is -2.32. The number of likely N-dealkylation sites (tertiary alicyclic amines) is 1. The van der Waals surface area contributed by atoms with E-state index in [1.54, 1.807) is 48.5 Å². The Morgan fingerprint density at radius 1 is 0.795 bits per heavy atom. The Hall–Kier alpha value is -3.82. The number of piperidine rings is 1. The van der Waals surface area contributed by atoms with Crippen molar-refractivity contribution < 1.29 is 33.4 Å². The fourth-order valence-electron chi connectivity index (χ4n) is 4.37. The number of halogens is 3. The molecule has 7 nitrogen and oxygen atoms in total. The van der Waals surface area contributed by atoms with Gasteiger partial charge < -0.3 is 20.0 Å². The third-order valence-corrected chi connectivity index (χ3v) is 6.65. The molecule has 1 fully saturated rings. The van der Waals surface area contributed by atoms with E-state index in [-0.39, 0.29) is 23.3 Å². The van der Waals surface area contributed by atoms with Gasteiger partial charge in [0, 0.05) is 34.4 Å². The Morgan fingerprint density at radius 3 is 1.69 bits per heavy atom. The number of carbonyl (C=O) groups is 3. The number of ketones is 1. The van der Waals surface area contributed by atoms with Gasteiger partial charge in [0.1, 0.15) is 11.6 Å². The number of nitrogens with zero attached hydrogens (tertiary/aromatic N) is 2. The largest absolute Gasteiger partial charge is 0.473 e. The molecule has 0 spiro atoms. The van der Waals surface area contributed by atoms with E-state index >= 15 is 0 Å². The number of carbonyl (C=O) groups excluding carboxylic acids is 1.